The van der Waals surface area contributed by atoms with Crippen LogP contribution in [-0.4, -0.2) is 7.11 Å². The van der Waals surface area contributed by atoms with E-state index in [0.29, 0.717) is 0 Å². The summed E-state index contributed by atoms with van der Waals surface area (Å²) in [5.41, 5.74) is 5.33. The quantitative estimate of drug-likeness (QED) is 0.765. The van der Waals surface area contributed by atoms with Crippen LogP contribution in [0.1, 0.15) is 25.0 Å². The molecular weight excluding hydrogens is 220 g/mol. The molecule has 0 fully saturated rings. The van der Waals surface area contributed by atoms with E-state index in [4.69, 9.17) is 4.74 Å². The normalized spacial score (nSPS) is 10.4. The Kier molecular flexibility index (Phi) is 4.03. The highest BCUT2D eigenvalue weighted by molar-refractivity contribution is 5.76. The molecule has 0 saturated heterocycles. The largest absolute Gasteiger partial charge is 0.496 e. The summed E-state index contributed by atoms with van der Waals surface area (Å²) in [5, 5.41) is 0. The van der Waals surface area contributed by atoms with Crippen molar-refractivity contribution in [3.63, 3.8) is 0 Å². The SMILES string of the molecule is CCc1cccc(CC)c1-c1ccccc1OC. The van der Waals surface area contributed by atoms with E-state index in [1.165, 1.54) is 22.3 Å². The van der Waals surface area contributed by atoms with E-state index in [-0.39, 0.29) is 0 Å². The van der Waals surface area contributed by atoms with Gasteiger partial charge in [0.1, 0.15) is 5.75 Å². The van der Waals surface area contributed by atoms with Crippen molar-refractivity contribution in [2.24, 2.45) is 0 Å². The van der Waals surface area contributed by atoms with Gasteiger partial charge in [0.15, 0.2) is 0 Å². The minimum Gasteiger partial charge on any atom is -0.496 e. The third-order valence-corrected chi connectivity index (χ3v) is 3.38. The van der Waals surface area contributed by atoms with Crippen molar-refractivity contribution in [3.8, 4) is 16.9 Å². The number of methoxy groups -OCH3 is 1. The van der Waals surface area contributed by atoms with E-state index in [1.54, 1.807) is 7.11 Å². The molecule has 0 saturated carbocycles. The lowest BCUT2D eigenvalue weighted by molar-refractivity contribution is 0.416. The molecular formula is C17H20O. The first-order valence-corrected chi connectivity index (χ1v) is 6.56. The Morgan fingerprint density at radius 1 is 0.833 bits per heavy atom. The van der Waals surface area contributed by atoms with Crippen LogP contribution >= 0.6 is 0 Å². The zero-order valence-electron chi connectivity index (χ0n) is 11.4. The van der Waals surface area contributed by atoms with Crippen molar-refractivity contribution in [2.45, 2.75) is 26.7 Å². The monoisotopic (exact) mass is 240 g/mol. The van der Waals surface area contributed by atoms with Crippen LogP contribution in [-0.2, 0) is 12.8 Å². The number of ether oxygens (including phenoxy) is 1. The molecule has 1 nitrogen and oxygen atoms in total. The zero-order chi connectivity index (χ0) is 13.0. The predicted octanol–water partition coefficient (Wildman–Crippen LogP) is 4.49. The van der Waals surface area contributed by atoms with E-state index >= 15 is 0 Å². The van der Waals surface area contributed by atoms with E-state index in [0.717, 1.165) is 18.6 Å². The third-order valence-electron chi connectivity index (χ3n) is 3.38. The molecule has 2 aromatic carbocycles. The van der Waals surface area contributed by atoms with Gasteiger partial charge in [-0.3, -0.25) is 0 Å². The number of hydrogen-bond acceptors (Lipinski definition) is 1. The molecule has 0 unspecified atom stereocenters. The van der Waals surface area contributed by atoms with Gasteiger partial charge >= 0.3 is 0 Å². The summed E-state index contributed by atoms with van der Waals surface area (Å²) >= 11 is 0. The second-order valence-electron chi connectivity index (χ2n) is 4.36. The van der Waals surface area contributed by atoms with Crippen LogP contribution in [0.4, 0.5) is 0 Å². The van der Waals surface area contributed by atoms with E-state index in [2.05, 4.69) is 44.2 Å². The number of benzene rings is 2. The molecule has 0 aliphatic rings. The fourth-order valence-corrected chi connectivity index (χ4v) is 2.44. The molecule has 0 aromatic heterocycles. The minimum atomic E-state index is 0.952. The molecule has 0 N–H and O–H groups in total. The van der Waals surface area contributed by atoms with Crippen LogP contribution in [0.5, 0.6) is 5.75 Å². The topological polar surface area (TPSA) is 9.23 Å². The first-order valence-electron chi connectivity index (χ1n) is 6.56. The maximum absolute atomic E-state index is 5.50. The van der Waals surface area contributed by atoms with Crippen LogP contribution in [0.2, 0.25) is 0 Å². The summed E-state index contributed by atoms with van der Waals surface area (Å²) in [7, 11) is 1.74. The Morgan fingerprint density at radius 2 is 1.44 bits per heavy atom. The highest BCUT2D eigenvalue weighted by Crippen LogP contribution is 2.35. The van der Waals surface area contributed by atoms with Crippen LogP contribution < -0.4 is 4.74 Å². The average molecular weight is 240 g/mol. The lowest BCUT2D eigenvalue weighted by Crippen LogP contribution is -1.96. The standard InChI is InChI=1S/C17H20O/c1-4-13-9-8-10-14(5-2)17(13)15-11-6-7-12-16(15)18-3/h6-12H,4-5H2,1-3H3. The summed E-state index contributed by atoms with van der Waals surface area (Å²) in [4.78, 5) is 0. The molecule has 2 aromatic rings. The van der Waals surface area contributed by atoms with Crippen LogP contribution in [0.15, 0.2) is 42.5 Å². The molecule has 0 radical (unpaired) electrons. The molecule has 0 amide bonds. The van der Waals surface area contributed by atoms with E-state index in [1.807, 2.05) is 12.1 Å². The number of rotatable bonds is 4. The second-order valence-corrected chi connectivity index (χ2v) is 4.36. The first kappa shape index (κ1) is 12.7. The van der Waals surface area contributed by atoms with Gasteiger partial charge in [-0.05, 0) is 35.6 Å². The molecule has 0 aliphatic carbocycles. The Hall–Kier alpha value is -1.76. The summed E-state index contributed by atoms with van der Waals surface area (Å²) in [6.45, 7) is 4.40. The van der Waals surface area contributed by atoms with Gasteiger partial charge in [-0.1, -0.05) is 50.2 Å². The van der Waals surface area contributed by atoms with Gasteiger partial charge in [0.2, 0.25) is 0 Å². The molecule has 0 heterocycles. The predicted molar refractivity (Wildman–Crippen MR) is 77.2 cm³/mol. The first-order chi connectivity index (χ1) is 8.81. The molecule has 0 atom stereocenters. The Labute approximate surface area is 109 Å². The molecule has 0 spiro atoms. The van der Waals surface area contributed by atoms with Gasteiger partial charge in [-0.2, -0.15) is 0 Å². The number of para-hydroxylation sites is 1. The molecule has 18 heavy (non-hydrogen) atoms. The van der Waals surface area contributed by atoms with Crippen LogP contribution in [0.25, 0.3) is 11.1 Å². The van der Waals surface area contributed by atoms with E-state index < -0.39 is 0 Å². The van der Waals surface area contributed by atoms with Crippen molar-refractivity contribution in [3.05, 3.63) is 53.6 Å². The highest BCUT2D eigenvalue weighted by Gasteiger charge is 2.12. The van der Waals surface area contributed by atoms with Gasteiger partial charge < -0.3 is 4.74 Å². The van der Waals surface area contributed by atoms with Crippen molar-refractivity contribution in [1.82, 2.24) is 0 Å². The Morgan fingerprint density at radius 3 is 2.00 bits per heavy atom. The van der Waals surface area contributed by atoms with E-state index in [9.17, 15) is 0 Å². The summed E-state index contributed by atoms with van der Waals surface area (Å²) in [6.07, 6.45) is 2.09. The fraction of sp³-hybridized carbons (Fsp3) is 0.294. The lowest BCUT2D eigenvalue weighted by atomic mass is 9.91. The Balaban J connectivity index is 2.68. The molecule has 94 valence electrons. The second kappa shape index (κ2) is 5.72. The van der Waals surface area contributed by atoms with Gasteiger partial charge in [0, 0.05) is 5.56 Å². The maximum Gasteiger partial charge on any atom is 0.126 e. The van der Waals surface area contributed by atoms with Crippen molar-refractivity contribution in [2.75, 3.05) is 7.11 Å². The molecule has 1 heteroatoms. The smallest absolute Gasteiger partial charge is 0.126 e. The van der Waals surface area contributed by atoms with Gasteiger partial charge in [0.05, 0.1) is 7.11 Å². The third kappa shape index (κ3) is 2.26. The summed E-state index contributed by atoms with van der Waals surface area (Å²) in [5.74, 6) is 0.952. The average Bonchev–Trinajstić information content (AvgIpc) is 2.46. The summed E-state index contributed by atoms with van der Waals surface area (Å²) < 4.78 is 5.50. The van der Waals surface area contributed by atoms with Crippen molar-refractivity contribution in [1.29, 1.82) is 0 Å². The fourth-order valence-electron chi connectivity index (χ4n) is 2.44. The summed E-state index contributed by atoms with van der Waals surface area (Å²) in [6, 6.07) is 14.8. The molecule has 2 rings (SSSR count). The van der Waals surface area contributed by atoms with Gasteiger partial charge in [-0.15, -0.1) is 0 Å². The van der Waals surface area contributed by atoms with Crippen LogP contribution in [0.3, 0.4) is 0 Å². The van der Waals surface area contributed by atoms with Crippen LogP contribution in [0, 0.1) is 0 Å². The number of hydrogen-bond donors (Lipinski definition) is 0. The Bertz CT molecular complexity index is 507. The highest BCUT2D eigenvalue weighted by atomic mass is 16.5. The number of aryl methyl sites for hydroxylation is 2. The van der Waals surface area contributed by atoms with Crippen molar-refractivity contribution >= 4 is 0 Å². The van der Waals surface area contributed by atoms with Gasteiger partial charge in [0.25, 0.3) is 0 Å². The zero-order valence-corrected chi connectivity index (χ0v) is 11.4. The minimum absolute atomic E-state index is 0.952. The molecule has 0 bridgehead atoms. The van der Waals surface area contributed by atoms with Gasteiger partial charge in [-0.25, -0.2) is 0 Å². The molecule has 0 aliphatic heterocycles. The maximum atomic E-state index is 5.50. The lowest BCUT2D eigenvalue weighted by Gasteiger charge is -2.16. The van der Waals surface area contributed by atoms with Crippen molar-refractivity contribution < 1.29 is 4.74 Å².